The van der Waals surface area contributed by atoms with E-state index in [0.717, 1.165) is 10.6 Å². The quantitative estimate of drug-likeness (QED) is 0.743. The van der Waals surface area contributed by atoms with Crippen molar-refractivity contribution in [3.8, 4) is 5.69 Å². The first kappa shape index (κ1) is 14.5. The fraction of sp³-hybridized carbons (Fsp3) is 0.188. The molecule has 1 aromatic carbocycles. The number of rotatable bonds is 4. The summed E-state index contributed by atoms with van der Waals surface area (Å²) in [5.41, 5.74) is 1.41. The van der Waals surface area contributed by atoms with Crippen LogP contribution in [-0.4, -0.2) is 32.6 Å². The zero-order valence-electron chi connectivity index (χ0n) is 12.4. The molecule has 2 heterocycles. The van der Waals surface area contributed by atoms with Gasteiger partial charge in [0.15, 0.2) is 0 Å². The van der Waals surface area contributed by atoms with Gasteiger partial charge in [0, 0.05) is 11.9 Å². The van der Waals surface area contributed by atoms with Crippen molar-refractivity contribution in [3.63, 3.8) is 0 Å². The van der Waals surface area contributed by atoms with Crippen molar-refractivity contribution in [2.75, 3.05) is 7.05 Å². The van der Waals surface area contributed by atoms with Crippen LogP contribution in [0.5, 0.6) is 0 Å². The van der Waals surface area contributed by atoms with Gasteiger partial charge in [0.05, 0.1) is 17.3 Å². The second kappa shape index (κ2) is 6.11. The van der Waals surface area contributed by atoms with Crippen LogP contribution in [0, 0.1) is 0 Å². The Kier molecular flexibility index (Phi) is 4.02. The topological polar surface area (TPSA) is 51.0 Å². The maximum Gasteiger partial charge on any atom is 0.256 e. The summed E-state index contributed by atoms with van der Waals surface area (Å²) in [6.45, 7) is 2.03. The van der Waals surface area contributed by atoms with Crippen LogP contribution in [-0.2, 0) is 0 Å². The molecule has 5 nitrogen and oxygen atoms in total. The molecule has 3 rings (SSSR count). The first-order valence-corrected chi connectivity index (χ1v) is 7.81. The first-order chi connectivity index (χ1) is 10.7. The SMILES string of the molecule is CC(c1cccs1)N(C)C(=O)c1ccccc1-n1cnnc1. The van der Waals surface area contributed by atoms with Crippen LogP contribution in [0.15, 0.2) is 54.4 Å². The molecule has 3 aromatic rings. The van der Waals surface area contributed by atoms with Gasteiger partial charge in [-0.2, -0.15) is 0 Å². The molecule has 0 radical (unpaired) electrons. The minimum atomic E-state index is -0.0230. The summed E-state index contributed by atoms with van der Waals surface area (Å²) >= 11 is 1.65. The Hall–Kier alpha value is -2.47. The Morgan fingerprint density at radius 3 is 2.59 bits per heavy atom. The van der Waals surface area contributed by atoms with Gasteiger partial charge in [-0.05, 0) is 30.5 Å². The summed E-state index contributed by atoms with van der Waals surface area (Å²) < 4.78 is 1.75. The molecule has 0 aliphatic heterocycles. The molecule has 1 atom stereocenters. The number of hydrogen-bond donors (Lipinski definition) is 0. The Bertz CT molecular complexity index is 752. The molecular formula is C16H16N4OS. The third kappa shape index (κ3) is 2.65. The highest BCUT2D eigenvalue weighted by atomic mass is 32.1. The van der Waals surface area contributed by atoms with E-state index in [4.69, 9.17) is 0 Å². The summed E-state index contributed by atoms with van der Waals surface area (Å²) in [5, 5.41) is 9.64. The predicted molar refractivity (Wildman–Crippen MR) is 86.2 cm³/mol. The van der Waals surface area contributed by atoms with Gasteiger partial charge in [0.25, 0.3) is 5.91 Å². The minimum Gasteiger partial charge on any atom is -0.334 e. The highest BCUT2D eigenvalue weighted by molar-refractivity contribution is 7.10. The molecule has 1 unspecified atom stereocenters. The van der Waals surface area contributed by atoms with Crippen molar-refractivity contribution in [1.29, 1.82) is 0 Å². The molecule has 0 fully saturated rings. The van der Waals surface area contributed by atoms with Gasteiger partial charge in [-0.25, -0.2) is 0 Å². The number of thiophene rings is 1. The zero-order chi connectivity index (χ0) is 15.5. The van der Waals surface area contributed by atoms with E-state index in [1.54, 1.807) is 33.5 Å². The van der Waals surface area contributed by atoms with E-state index in [1.165, 1.54) is 0 Å². The van der Waals surface area contributed by atoms with Crippen LogP contribution in [0.2, 0.25) is 0 Å². The fourth-order valence-corrected chi connectivity index (χ4v) is 3.12. The highest BCUT2D eigenvalue weighted by Gasteiger charge is 2.22. The average molecular weight is 312 g/mol. The van der Waals surface area contributed by atoms with E-state index in [1.807, 2.05) is 55.7 Å². The van der Waals surface area contributed by atoms with Crippen molar-refractivity contribution in [3.05, 3.63) is 64.9 Å². The van der Waals surface area contributed by atoms with Crippen LogP contribution >= 0.6 is 11.3 Å². The van der Waals surface area contributed by atoms with Crippen molar-refractivity contribution in [2.45, 2.75) is 13.0 Å². The van der Waals surface area contributed by atoms with Crippen LogP contribution in [0.1, 0.15) is 28.2 Å². The van der Waals surface area contributed by atoms with Crippen LogP contribution in [0.4, 0.5) is 0 Å². The Labute approximate surface area is 132 Å². The average Bonchev–Trinajstić information content (AvgIpc) is 3.25. The Balaban J connectivity index is 1.93. The molecule has 0 aliphatic carbocycles. The van der Waals surface area contributed by atoms with Gasteiger partial charge in [0.1, 0.15) is 12.7 Å². The molecule has 0 aliphatic rings. The Morgan fingerprint density at radius 1 is 1.18 bits per heavy atom. The lowest BCUT2D eigenvalue weighted by Crippen LogP contribution is -2.30. The van der Waals surface area contributed by atoms with Gasteiger partial charge < -0.3 is 4.90 Å². The molecule has 2 aromatic heterocycles. The first-order valence-electron chi connectivity index (χ1n) is 6.93. The second-order valence-electron chi connectivity index (χ2n) is 4.99. The maximum absolute atomic E-state index is 12.9. The van der Waals surface area contributed by atoms with E-state index < -0.39 is 0 Å². The number of amides is 1. The smallest absolute Gasteiger partial charge is 0.256 e. The second-order valence-corrected chi connectivity index (χ2v) is 5.97. The molecular weight excluding hydrogens is 296 g/mol. The number of aromatic nitrogens is 3. The minimum absolute atomic E-state index is 0.0230. The normalized spacial score (nSPS) is 12.1. The monoisotopic (exact) mass is 312 g/mol. The summed E-state index contributed by atoms with van der Waals surface area (Å²) in [4.78, 5) is 15.8. The number of hydrogen-bond acceptors (Lipinski definition) is 4. The van der Waals surface area contributed by atoms with Crippen molar-refractivity contribution < 1.29 is 4.79 Å². The Morgan fingerprint density at radius 2 is 1.91 bits per heavy atom. The third-order valence-corrected chi connectivity index (χ3v) is 4.73. The van der Waals surface area contributed by atoms with Crippen molar-refractivity contribution in [1.82, 2.24) is 19.7 Å². The maximum atomic E-state index is 12.9. The summed E-state index contributed by atoms with van der Waals surface area (Å²) in [7, 11) is 1.83. The number of nitrogens with zero attached hydrogens (tertiary/aromatic N) is 4. The van der Waals surface area contributed by atoms with Gasteiger partial charge in [-0.3, -0.25) is 9.36 Å². The fourth-order valence-electron chi connectivity index (χ4n) is 2.29. The summed E-state index contributed by atoms with van der Waals surface area (Å²) in [6.07, 6.45) is 3.18. The molecule has 0 bridgehead atoms. The molecule has 22 heavy (non-hydrogen) atoms. The van der Waals surface area contributed by atoms with Crippen molar-refractivity contribution >= 4 is 17.2 Å². The van der Waals surface area contributed by atoms with Gasteiger partial charge >= 0.3 is 0 Å². The predicted octanol–water partition coefficient (Wildman–Crippen LogP) is 3.16. The van der Waals surface area contributed by atoms with Crippen LogP contribution < -0.4 is 0 Å². The van der Waals surface area contributed by atoms with E-state index in [0.29, 0.717) is 5.56 Å². The van der Waals surface area contributed by atoms with E-state index in [2.05, 4.69) is 10.2 Å². The summed E-state index contributed by atoms with van der Waals surface area (Å²) in [5.74, 6) is -0.0230. The molecule has 0 N–H and O–H groups in total. The molecule has 0 spiro atoms. The highest BCUT2D eigenvalue weighted by Crippen LogP contribution is 2.26. The molecule has 0 saturated heterocycles. The molecule has 112 valence electrons. The van der Waals surface area contributed by atoms with Crippen LogP contribution in [0.3, 0.4) is 0 Å². The molecule has 6 heteroatoms. The lowest BCUT2D eigenvalue weighted by atomic mass is 10.1. The number of para-hydroxylation sites is 1. The largest absolute Gasteiger partial charge is 0.334 e. The third-order valence-electron chi connectivity index (χ3n) is 3.69. The van der Waals surface area contributed by atoms with Gasteiger partial charge in [-0.1, -0.05) is 18.2 Å². The zero-order valence-corrected chi connectivity index (χ0v) is 13.2. The van der Waals surface area contributed by atoms with Crippen molar-refractivity contribution in [2.24, 2.45) is 0 Å². The van der Waals surface area contributed by atoms with E-state index >= 15 is 0 Å². The number of carbonyl (C=O) groups excluding carboxylic acids is 1. The number of carbonyl (C=O) groups is 1. The van der Waals surface area contributed by atoms with Gasteiger partial charge in [0.2, 0.25) is 0 Å². The van der Waals surface area contributed by atoms with E-state index in [9.17, 15) is 4.79 Å². The number of benzene rings is 1. The molecule has 1 amide bonds. The lowest BCUT2D eigenvalue weighted by molar-refractivity contribution is 0.0745. The van der Waals surface area contributed by atoms with Crippen LogP contribution in [0.25, 0.3) is 5.69 Å². The van der Waals surface area contributed by atoms with E-state index in [-0.39, 0.29) is 11.9 Å². The molecule has 0 saturated carbocycles. The standard InChI is InChI=1S/C16H16N4OS/c1-12(15-8-5-9-22-15)19(2)16(21)13-6-3-4-7-14(13)20-10-17-18-11-20/h3-12H,1-2H3. The summed E-state index contributed by atoms with van der Waals surface area (Å²) in [6, 6.07) is 11.6. The lowest BCUT2D eigenvalue weighted by Gasteiger charge is -2.25. The van der Waals surface area contributed by atoms with Gasteiger partial charge in [-0.15, -0.1) is 21.5 Å².